The van der Waals surface area contributed by atoms with Crippen LogP contribution in [0.2, 0.25) is 0 Å². The summed E-state index contributed by atoms with van der Waals surface area (Å²) in [6.07, 6.45) is 0.950. The quantitative estimate of drug-likeness (QED) is 0.568. The zero-order chi connectivity index (χ0) is 9.30. The SMILES string of the molecule is CCC1=C(O)C(=O)C=C(O)C1=O. The van der Waals surface area contributed by atoms with Gasteiger partial charge in [-0.1, -0.05) is 6.92 Å². The first-order chi connectivity index (χ1) is 5.57. The summed E-state index contributed by atoms with van der Waals surface area (Å²) in [7, 11) is 0. The van der Waals surface area contributed by atoms with E-state index in [1.54, 1.807) is 6.92 Å². The molecule has 0 saturated carbocycles. The van der Waals surface area contributed by atoms with Gasteiger partial charge in [0.05, 0.1) is 0 Å². The molecule has 0 radical (unpaired) electrons. The summed E-state index contributed by atoms with van der Waals surface area (Å²) in [5.74, 6) is -2.55. The van der Waals surface area contributed by atoms with Crippen LogP contribution in [0.3, 0.4) is 0 Å². The normalized spacial score (nSPS) is 18.2. The Bertz CT molecular complexity index is 309. The minimum atomic E-state index is -0.719. The third-order valence-corrected chi connectivity index (χ3v) is 1.65. The van der Waals surface area contributed by atoms with Crippen molar-refractivity contribution in [3.63, 3.8) is 0 Å². The van der Waals surface area contributed by atoms with Crippen molar-refractivity contribution < 1.29 is 19.8 Å². The molecule has 0 fully saturated rings. The number of carbonyl (C=O) groups is 2. The number of aliphatic hydroxyl groups is 2. The first-order valence-electron chi connectivity index (χ1n) is 3.49. The third kappa shape index (κ3) is 1.11. The molecular weight excluding hydrogens is 160 g/mol. The summed E-state index contributed by atoms with van der Waals surface area (Å²) < 4.78 is 0. The molecule has 0 bridgehead atoms. The van der Waals surface area contributed by atoms with E-state index < -0.39 is 23.1 Å². The lowest BCUT2D eigenvalue weighted by Gasteiger charge is -2.09. The molecule has 2 N–H and O–H groups in total. The van der Waals surface area contributed by atoms with Crippen LogP contribution in [0.1, 0.15) is 13.3 Å². The van der Waals surface area contributed by atoms with E-state index in [1.807, 2.05) is 0 Å². The molecule has 64 valence electrons. The van der Waals surface area contributed by atoms with Crippen LogP contribution in [0, 0.1) is 0 Å². The highest BCUT2D eigenvalue weighted by Crippen LogP contribution is 2.18. The minimum absolute atomic E-state index is 0.0278. The van der Waals surface area contributed by atoms with Gasteiger partial charge in [0.15, 0.2) is 11.5 Å². The Morgan fingerprint density at radius 1 is 1.33 bits per heavy atom. The minimum Gasteiger partial charge on any atom is -0.504 e. The maximum absolute atomic E-state index is 11.0. The van der Waals surface area contributed by atoms with Gasteiger partial charge >= 0.3 is 0 Å². The first-order valence-corrected chi connectivity index (χ1v) is 3.49. The van der Waals surface area contributed by atoms with E-state index in [-0.39, 0.29) is 12.0 Å². The number of rotatable bonds is 1. The molecule has 1 aliphatic carbocycles. The molecule has 0 aliphatic heterocycles. The topological polar surface area (TPSA) is 74.6 Å². The average Bonchev–Trinajstić information content (AvgIpc) is 2.02. The average molecular weight is 168 g/mol. The van der Waals surface area contributed by atoms with Crippen molar-refractivity contribution >= 4 is 11.6 Å². The van der Waals surface area contributed by atoms with E-state index in [0.29, 0.717) is 0 Å². The molecule has 0 atom stereocenters. The smallest absolute Gasteiger partial charge is 0.227 e. The lowest BCUT2D eigenvalue weighted by Crippen LogP contribution is -2.18. The van der Waals surface area contributed by atoms with E-state index in [9.17, 15) is 9.59 Å². The van der Waals surface area contributed by atoms with Gasteiger partial charge in [0.2, 0.25) is 11.6 Å². The molecule has 0 spiro atoms. The number of ketones is 2. The lowest BCUT2D eigenvalue weighted by molar-refractivity contribution is -0.119. The second-order valence-corrected chi connectivity index (χ2v) is 2.40. The highest BCUT2D eigenvalue weighted by Gasteiger charge is 2.26. The number of Topliss-reactive ketones (excluding diaryl/α,β-unsaturated/α-hetero) is 1. The Hall–Kier alpha value is -1.58. The molecule has 0 amide bonds. The van der Waals surface area contributed by atoms with Crippen LogP contribution in [-0.2, 0) is 9.59 Å². The predicted octanol–water partition coefficient (Wildman–Crippen LogP) is 0.802. The highest BCUT2D eigenvalue weighted by atomic mass is 16.3. The molecular formula is C8H8O4. The monoisotopic (exact) mass is 168 g/mol. The molecule has 1 aliphatic rings. The number of allylic oxidation sites excluding steroid dienone is 2. The van der Waals surface area contributed by atoms with Crippen LogP contribution >= 0.6 is 0 Å². The maximum Gasteiger partial charge on any atom is 0.227 e. The molecule has 0 saturated heterocycles. The van der Waals surface area contributed by atoms with E-state index in [2.05, 4.69) is 0 Å². The Morgan fingerprint density at radius 3 is 2.42 bits per heavy atom. The van der Waals surface area contributed by atoms with Crippen molar-refractivity contribution in [2.24, 2.45) is 0 Å². The zero-order valence-electron chi connectivity index (χ0n) is 6.50. The molecule has 0 heterocycles. The maximum atomic E-state index is 11.0. The second-order valence-electron chi connectivity index (χ2n) is 2.40. The van der Waals surface area contributed by atoms with Gasteiger partial charge in [0.25, 0.3) is 0 Å². The van der Waals surface area contributed by atoms with Crippen LogP contribution in [0.25, 0.3) is 0 Å². The van der Waals surface area contributed by atoms with Gasteiger partial charge in [0, 0.05) is 11.6 Å². The standard InChI is InChI=1S/C8H8O4/c1-2-4-7(11)5(9)3-6(10)8(4)12/h3,9,12H,2H2,1H3. The van der Waals surface area contributed by atoms with E-state index in [4.69, 9.17) is 10.2 Å². The van der Waals surface area contributed by atoms with E-state index in [0.717, 1.165) is 6.08 Å². The van der Waals surface area contributed by atoms with E-state index >= 15 is 0 Å². The molecule has 4 nitrogen and oxygen atoms in total. The van der Waals surface area contributed by atoms with Crippen LogP contribution in [-0.4, -0.2) is 21.8 Å². The summed E-state index contributed by atoms with van der Waals surface area (Å²) >= 11 is 0. The number of carbonyl (C=O) groups excluding carboxylic acids is 2. The van der Waals surface area contributed by atoms with E-state index in [1.165, 1.54) is 0 Å². The van der Waals surface area contributed by atoms with Crippen molar-refractivity contribution in [1.82, 2.24) is 0 Å². The van der Waals surface area contributed by atoms with Gasteiger partial charge in [-0.15, -0.1) is 0 Å². The van der Waals surface area contributed by atoms with Gasteiger partial charge in [-0.05, 0) is 6.42 Å². The zero-order valence-corrected chi connectivity index (χ0v) is 6.50. The summed E-state index contributed by atoms with van der Waals surface area (Å²) in [5, 5.41) is 18.0. The number of hydrogen-bond acceptors (Lipinski definition) is 4. The van der Waals surface area contributed by atoms with Crippen LogP contribution in [0.4, 0.5) is 0 Å². The summed E-state index contributed by atoms with van der Waals surface area (Å²) in [4.78, 5) is 21.8. The fourth-order valence-corrected chi connectivity index (χ4v) is 0.997. The van der Waals surface area contributed by atoms with Crippen molar-refractivity contribution in [1.29, 1.82) is 0 Å². The molecule has 1 rings (SSSR count). The fourth-order valence-electron chi connectivity index (χ4n) is 0.997. The lowest BCUT2D eigenvalue weighted by atomic mass is 9.98. The molecule has 4 heteroatoms. The summed E-state index contributed by atoms with van der Waals surface area (Å²) in [6, 6.07) is 0. The van der Waals surface area contributed by atoms with Crippen molar-refractivity contribution in [2.75, 3.05) is 0 Å². The van der Waals surface area contributed by atoms with Crippen molar-refractivity contribution in [2.45, 2.75) is 13.3 Å². The van der Waals surface area contributed by atoms with Crippen molar-refractivity contribution in [3.8, 4) is 0 Å². The second kappa shape index (κ2) is 2.81. The summed E-state index contributed by atoms with van der Waals surface area (Å²) in [6.45, 7) is 1.62. The molecule has 0 unspecified atom stereocenters. The van der Waals surface area contributed by atoms with Crippen LogP contribution < -0.4 is 0 Å². The first kappa shape index (κ1) is 8.52. The number of hydrogen-bond donors (Lipinski definition) is 2. The molecule has 12 heavy (non-hydrogen) atoms. The highest BCUT2D eigenvalue weighted by molar-refractivity contribution is 6.20. The fraction of sp³-hybridized carbons (Fsp3) is 0.250. The van der Waals surface area contributed by atoms with Gasteiger partial charge in [0.1, 0.15) is 0 Å². The molecule has 0 aromatic rings. The van der Waals surface area contributed by atoms with Crippen LogP contribution in [0.5, 0.6) is 0 Å². The molecule has 0 aromatic carbocycles. The Balaban J connectivity index is 3.17. The van der Waals surface area contributed by atoms with Gasteiger partial charge < -0.3 is 10.2 Å². The predicted molar refractivity (Wildman–Crippen MR) is 40.7 cm³/mol. The Labute approximate surface area is 68.8 Å². The van der Waals surface area contributed by atoms with Gasteiger partial charge in [-0.2, -0.15) is 0 Å². The van der Waals surface area contributed by atoms with Crippen molar-refractivity contribution in [3.05, 3.63) is 23.2 Å². The largest absolute Gasteiger partial charge is 0.504 e. The Morgan fingerprint density at radius 2 is 1.92 bits per heavy atom. The summed E-state index contributed by atoms with van der Waals surface area (Å²) in [5.41, 5.74) is -0.0278. The van der Waals surface area contributed by atoms with Gasteiger partial charge in [-0.25, -0.2) is 0 Å². The Kier molecular flexibility index (Phi) is 1.99. The van der Waals surface area contributed by atoms with Crippen LogP contribution in [0.15, 0.2) is 23.2 Å². The number of aliphatic hydroxyl groups excluding tert-OH is 2. The third-order valence-electron chi connectivity index (χ3n) is 1.65. The molecule has 0 aromatic heterocycles. The van der Waals surface area contributed by atoms with Gasteiger partial charge in [-0.3, -0.25) is 9.59 Å².